The number of nitrogens with zero attached hydrogens (tertiary/aromatic N) is 3. The van der Waals surface area contributed by atoms with Crippen molar-refractivity contribution in [3.63, 3.8) is 0 Å². The number of rotatable bonds is 5. The Labute approximate surface area is 187 Å². The van der Waals surface area contributed by atoms with Crippen LogP contribution in [0.15, 0.2) is 58.5 Å². The lowest BCUT2D eigenvalue weighted by atomic mass is 9.77. The highest BCUT2D eigenvalue weighted by atomic mass is 32.2. The van der Waals surface area contributed by atoms with Crippen LogP contribution >= 0.6 is 23.1 Å². The van der Waals surface area contributed by atoms with Gasteiger partial charge < -0.3 is 15.1 Å². The number of amides is 1. The average molecular weight is 457 g/mol. The summed E-state index contributed by atoms with van der Waals surface area (Å²) >= 11 is 3.18. The van der Waals surface area contributed by atoms with E-state index in [1.165, 1.54) is 16.2 Å². The SMILES string of the molecule is C[C@@H](O)[C@H]1C(=O)N2C(C(=O)O)=C(c3cn4c[n+](C)c(Sc5ccccc5)c4s3)[C@H](C)[C@H]12. The van der Waals surface area contributed by atoms with E-state index in [1.807, 2.05) is 49.1 Å². The van der Waals surface area contributed by atoms with Crippen LogP contribution in [0, 0.1) is 11.8 Å². The second-order valence-electron chi connectivity index (χ2n) is 8.08. The van der Waals surface area contributed by atoms with Gasteiger partial charge in [-0.05, 0) is 30.8 Å². The highest BCUT2D eigenvalue weighted by molar-refractivity contribution is 7.99. The van der Waals surface area contributed by atoms with Crippen molar-refractivity contribution in [1.82, 2.24) is 9.30 Å². The van der Waals surface area contributed by atoms with Crippen LogP contribution in [0.3, 0.4) is 0 Å². The number of carboxylic acids is 1. The Morgan fingerprint density at radius 2 is 2.00 bits per heavy atom. The van der Waals surface area contributed by atoms with Gasteiger partial charge in [-0.2, -0.15) is 4.40 Å². The van der Waals surface area contributed by atoms with E-state index in [4.69, 9.17) is 0 Å². The zero-order chi connectivity index (χ0) is 22.0. The molecule has 0 aliphatic carbocycles. The molecule has 2 N–H and O–H groups in total. The summed E-state index contributed by atoms with van der Waals surface area (Å²) in [6.07, 6.45) is 3.11. The van der Waals surface area contributed by atoms with Gasteiger partial charge in [0.05, 0.1) is 30.0 Å². The molecule has 7 nitrogen and oxygen atoms in total. The fourth-order valence-electron chi connectivity index (χ4n) is 4.73. The minimum absolute atomic E-state index is 0.0468. The molecule has 2 aromatic heterocycles. The molecule has 160 valence electrons. The number of carbonyl (C=O) groups is 2. The quantitative estimate of drug-likeness (QED) is 0.455. The summed E-state index contributed by atoms with van der Waals surface area (Å²) in [4.78, 5) is 29.1. The molecule has 2 aliphatic heterocycles. The van der Waals surface area contributed by atoms with E-state index >= 15 is 0 Å². The Bertz CT molecular complexity index is 1240. The van der Waals surface area contributed by atoms with Crippen LogP contribution in [0.5, 0.6) is 0 Å². The molecule has 1 aromatic carbocycles. The van der Waals surface area contributed by atoms with Crippen LogP contribution in [-0.4, -0.2) is 43.5 Å². The number of aryl methyl sites for hydroxylation is 1. The number of aliphatic hydroxyl groups excluding tert-OH is 1. The Morgan fingerprint density at radius 3 is 2.65 bits per heavy atom. The number of aromatic nitrogens is 2. The molecule has 2 aliphatic rings. The molecule has 1 fully saturated rings. The number of fused-ring (bicyclic) bond motifs is 2. The Kier molecular flexibility index (Phi) is 4.72. The van der Waals surface area contributed by atoms with Crippen LogP contribution in [-0.2, 0) is 16.6 Å². The number of β-lactam (4-membered cyclic amide) rings is 1. The summed E-state index contributed by atoms with van der Waals surface area (Å²) in [5.41, 5.74) is 0.714. The van der Waals surface area contributed by atoms with Crippen molar-refractivity contribution in [2.45, 2.75) is 35.9 Å². The lowest BCUT2D eigenvalue weighted by Crippen LogP contribution is -2.63. The molecule has 9 heteroatoms. The monoisotopic (exact) mass is 456 g/mol. The van der Waals surface area contributed by atoms with E-state index in [0.29, 0.717) is 5.57 Å². The first-order valence-electron chi connectivity index (χ1n) is 10.0. The van der Waals surface area contributed by atoms with Gasteiger partial charge in [-0.1, -0.05) is 36.5 Å². The molecule has 4 atom stereocenters. The topological polar surface area (TPSA) is 86.1 Å². The molecular formula is C22H22N3O4S2+. The highest BCUT2D eigenvalue weighted by Gasteiger charge is 2.60. The number of benzene rings is 1. The fourth-order valence-corrected chi connectivity index (χ4v) is 7.09. The van der Waals surface area contributed by atoms with E-state index in [0.717, 1.165) is 19.6 Å². The van der Waals surface area contributed by atoms with E-state index in [-0.39, 0.29) is 23.6 Å². The molecule has 31 heavy (non-hydrogen) atoms. The number of carbonyl (C=O) groups excluding carboxylic acids is 1. The van der Waals surface area contributed by atoms with Gasteiger partial charge in [0, 0.05) is 16.4 Å². The number of aliphatic carboxylic acids is 1. The van der Waals surface area contributed by atoms with Gasteiger partial charge in [0.15, 0.2) is 0 Å². The summed E-state index contributed by atoms with van der Waals surface area (Å²) < 4.78 is 4.06. The molecule has 1 saturated heterocycles. The van der Waals surface area contributed by atoms with Gasteiger partial charge in [0.1, 0.15) is 11.9 Å². The minimum atomic E-state index is -1.11. The molecular weight excluding hydrogens is 434 g/mol. The predicted molar refractivity (Wildman–Crippen MR) is 117 cm³/mol. The summed E-state index contributed by atoms with van der Waals surface area (Å²) in [5, 5.41) is 21.0. The minimum Gasteiger partial charge on any atom is -0.477 e. The average Bonchev–Trinajstić information content (AvgIpc) is 3.31. The van der Waals surface area contributed by atoms with Crippen LogP contribution in [0.25, 0.3) is 10.4 Å². The Hall–Kier alpha value is -2.62. The van der Waals surface area contributed by atoms with Crippen molar-refractivity contribution in [3.8, 4) is 0 Å². The molecule has 0 unspecified atom stereocenters. The first kappa shape index (κ1) is 20.3. The lowest BCUT2D eigenvalue weighted by molar-refractivity contribution is -0.705. The van der Waals surface area contributed by atoms with Crippen molar-refractivity contribution in [3.05, 3.63) is 53.4 Å². The van der Waals surface area contributed by atoms with Crippen LogP contribution in [0.4, 0.5) is 0 Å². The van der Waals surface area contributed by atoms with Crippen molar-refractivity contribution in [2.24, 2.45) is 18.9 Å². The molecule has 0 saturated carbocycles. The van der Waals surface area contributed by atoms with Crippen LogP contribution in [0.2, 0.25) is 0 Å². The maximum Gasteiger partial charge on any atom is 0.352 e. The van der Waals surface area contributed by atoms with E-state index in [2.05, 4.69) is 16.7 Å². The number of hydrogen-bond donors (Lipinski definition) is 2. The number of carboxylic acid groups (broad SMARTS) is 1. The van der Waals surface area contributed by atoms with Gasteiger partial charge in [0.2, 0.25) is 22.1 Å². The summed E-state index contributed by atoms with van der Waals surface area (Å²) in [6, 6.07) is 9.78. The number of aliphatic hydroxyl groups is 1. The fraction of sp³-hybridized carbons (Fsp3) is 0.318. The standard InChI is InChI=1S/C22H21N3O4S2/c1-11-15(18(22(28)29)25-17(11)16(12(2)26)19(25)27)14-9-24-10-23(3)20(21(24)31-14)30-13-7-5-4-6-8-13/h4-12,16-17,26H,1-3H3/p+1/t11-,12+,16+,17+/m0/s1. The zero-order valence-electron chi connectivity index (χ0n) is 17.2. The molecule has 1 amide bonds. The summed E-state index contributed by atoms with van der Waals surface area (Å²) in [6.45, 7) is 3.53. The molecule has 4 heterocycles. The normalized spacial score (nSPS) is 23.9. The maximum atomic E-state index is 12.6. The Morgan fingerprint density at radius 1 is 1.29 bits per heavy atom. The van der Waals surface area contributed by atoms with Crippen molar-refractivity contribution in [2.75, 3.05) is 0 Å². The lowest BCUT2D eigenvalue weighted by Gasteiger charge is -2.46. The van der Waals surface area contributed by atoms with Gasteiger partial charge in [0.25, 0.3) is 0 Å². The third-order valence-electron chi connectivity index (χ3n) is 6.10. The molecule has 3 aromatic rings. The molecule has 5 rings (SSSR count). The number of thiazole rings is 1. The predicted octanol–water partition coefficient (Wildman–Crippen LogP) is 2.63. The van der Waals surface area contributed by atoms with Crippen LogP contribution in [0.1, 0.15) is 18.7 Å². The number of imidazole rings is 1. The third-order valence-corrected chi connectivity index (χ3v) is 8.55. The second kappa shape index (κ2) is 7.22. The number of hydrogen-bond acceptors (Lipinski definition) is 5. The van der Waals surface area contributed by atoms with Gasteiger partial charge >= 0.3 is 5.97 Å². The van der Waals surface area contributed by atoms with Gasteiger partial charge in [-0.25, -0.2) is 9.36 Å². The largest absolute Gasteiger partial charge is 0.477 e. The first-order chi connectivity index (χ1) is 14.8. The van der Waals surface area contributed by atoms with E-state index in [1.54, 1.807) is 18.7 Å². The van der Waals surface area contributed by atoms with Crippen molar-refractivity contribution >= 4 is 45.4 Å². The molecule has 0 spiro atoms. The summed E-state index contributed by atoms with van der Waals surface area (Å²) in [5.74, 6) is -2.15. The Balaban J connectivity index is 1.59. The third kappa shape index (κ3) is 2.95. The molecule has 0 radical (unpaired) electrons. The van der Waals surface area contributed by atoms with Gasteiger partial charge in [-0.3, -0.25) is 4.79 Å². The first-order valence-corrected chi connectivity index (χ1v) is 11.6. The maximum absolute atomic E-state index is 12.6. The van der Waals surface area contributed by atoms with Crippen LogP contribution < -0.4 is 4.57 Å². The highest BCUT2D eigenvalue weighted by Crippen LogP contribution is 2.51. The molecule has 0 bridgehead atoms. The zero-order valence-corrected chi connectivity index (χ0v) is 18.9. The smallest absolute Gasteiger partial charge is 0.352 e. The van der Waals surface area contributed by atoms with E-state index < -0.39 is 18.0 Å². The van der Waals surface area contributed by atoms with Crippen molar-refractivity contribution in [1.29, 1.82) is 0 Å². The van der Waals surface area contributed by atoms with Crippen molar-refractivity contribution < 1.29 is 24.4 Å². The van der Waals surface area contributed by atoms with Gasteiger partial charge in [-0.15, -0.1) is 0 Å². The second-order valence-corrected chi connectivity index (χ2v) is 10.2. The van der Waals surface area contributed by atoms with E-state index in [9.17, 15) is 19.8 Å². The summed E-state index contributed by atoms with van der Waals surface area (Å²) in [7, 11) is 1.99.